The molecule has 0 bridgehead atoms. The maximum Gasteiger partial charge on any atom is 0.352 e. The summed E-state index contributed by atoms with van der Waals surface area (Å²) in [5, 5.41) is 2.37. The number of rotatable bonds is 12. The van der Waals surface area contributed by atoms with Crippen LogP contribution in [0.15, 0.2) is 70.3 Å². The first-order valence-electron chi connectivity index (χ1n) is 13.7. The molecule has 3 aromatic carbocycles. The smallest absolute Gasteiger partial charge is 0.352 e. The molecule has 0 saturated heterocycles. The van der Waals surface area contributed by atoms with Crippen LogP contribution in [0, 0.1) is 0 Å². The van der Waals surface area contributed by atoms with Crippen molar-refractivity contribution < 1.29 is 9.47 Å². The van der Waals surface area contributed by atoms with E-state index in [9.17, 15) is 9.59 Å². The molecule has 0 fully saturated rings. The van der Waals surface area contributed by atoms with E-state index in [1.165, 1.54) is 17.8 Å². The third kappa shape index (κ3) is 5.95. The fourth-order valence-electron chi connectivity index (χ4n) is 4.75. The second kappa shape index (κ2) is 12.1. The Hall–Kier alpha value is -4.20. The monoisotopic (exact) mass is 526 g/mol. The van der Waals surface area contributed by atoms with Crippen molar-refractivity contribution in [2.75, 3.05) is 13.2 Å². The summed E-state index contributed by atoms with van der Waals surface area (Å²) in [5.41, 5.74) is 0.679. The second-order valence-electron chi connectivity index (χ2n) is 9.82. The van der Waals surface area contributed by atoms with Crippen LogP contribution in [-0.2, 0) is 13.6 Å². The molecular formula is C31H34N4O4. The second-order valence-corrected chi connectivity index (χ2v) is 9.82. The molecule has 0 N–H and O–H groups in total. The number of fused-ring (bicyclic) bond motifs is 3. The lowest BCUT2D eigenvalue weighted by Gasteiger charge is -2.18. The lowest BCUT2D eigenvalue weighted by molar-refractivity contribution is 0.267. The summed E-state index contributed by atoms with van der Waals surface area (Å²) in [6, 6.07) is 20.0. The Kier molecular flexibility index (Phi) is 8.20. The van der Waals surface area contributed by atoms with Crippen LogP contribution in [-0.4, -0.2) is 32.3 Å². The number of aromatic nitrogens is 4. The van der Waals surface area contributed by atoms with Crippen LogP contribution >= 0.6 is 0 Å². The summed E-state index contributed by atoms with van der Waals surface area (Å²) in [6.07, 6.45) is 5.93. The molecule has 202 valence electrons. The number of aryl methyl sites for hydroxylation is 1. The zero-order valence-corrected chi connectivity index (χ0v) is 22.6. The van der Waals surface area contributed by atoms with Gasteiger partial charge in [-0.15, -0.1) is 0 Å². The summed E-state index contributed by atoms with van der Waals surface area (Å²) in [5.74, 6) is 1.92. The maximum absolute atomic E-state index is 12.8. The van der Waals surface area contributed by atoms with Gasteiger partial charge in [0, 0.05) is 19.7 Å². The topological polar surface area (TPSA) is 88.2 Å². The van der Waals surface area contributed by atoms with Gasteiger partial charge in [-0.2, -0.15) is 4.98 Å². The average molecular weight is 527 g/mol. The van der Waals surface area contributed by atoms with Crippen molar-refractivity contribution in [3.8, 4) is 23.0 Å². The minimum atomic E-state index is -0.575. The molecule has 0 radical (unpaired) electrons. The van der Waals surface area contributed by atoms with Gasteiger partial charge in [0.1, 0.15) is 11.5 Å². The van der Waals surface area contributed by atoms with E-state index in [0.29, 0.717) is 36.8 Å². The van der Waals surface area contributed by atoms with Crippen LogP contribution in [0.3, 0.4) is 0 Å². The molecule has 8 nitrogen and oxygen atoms in total. The summed E-state index contributed by atoms with van der Waals surface area (Å²) in [6.45, 7) is 3.97. The van der Waals surface area contributed by atoms with Gasteiger partial charge in [0.25, 0.3) is 5.56 Å². The van der Waals surface area contributed by atoms with Crippen molar-refractivity contribution in [2.45, 2.75) is 52.0 Å². The van der Waals surface area contributed by atoms with Crippen molar-refractivity contribution in [3.63, 3.8) is 0 Å². The van der Waals surface area contributed by atoms with E-state index in [-0.39, 0.29) is 5.69 Å². The normalized spacial score (nSPS) is 11.4. The van der Waals surface area contributed by atoms with E-state index in [4.69, 9.17) is 9.47 Å². The molecule has 2 aliphatic rings. The molecule has 0 aliphatic carbocycles. The van der Waals surface area contributed by atoms with Gasteiger partial charge >= 0.3 is 5.69 Å². The first-order chi connectivity index (χ1) is 19.0. The molecular weight excluding hydrogens is 492 g/mol. The number of hydrogen-bond acceptors (Lipinski definition) is 6. The molecule has 39 heavy (non-hydrogen) atoms. The Morgan fingerprint density at radius 2 is 1.49 bits per heavy atom. The summed E-state index contributed by atoms with van der Waals surface area (Å²) < 4.78 is 14.9. The molecule has 0 spiro atoms. The highest BCUT2D eigenvalue weighted by molar-refractivity contribution is 5.83. The average Bonchev–Trinajstić information content (AvgIpc) is 2.96. The molecule has 3 aromatic rings. The lowest BCUT2D eigenvalue weighted by atomic mass is 10.1. The van der Waals surface area contributed by atoms with E-state index in [1.807, 2.05) is 41.0 Å². The van der Waals surface area contributed by atoms with Gasteiger partial charge in [-0.05, 0) is 54.3 Å². The van der Waals surface area contributed by atoms with E-state index >= 15 is 0 Å². The zero-order chi connectivity index (χ0) is 27.2. The van der Waals surface area contributed by atoms with Crippen molar-refractivity contribution in [1.82, 2.24) is 19.1 Å². The highest BCUT2D eigenvalue weighted by Gasteiger charge is 2.20. The van der Waals surface area contributed by atoms with Gasteiger partial charge in [0.05, 0.1) is 24.2 Å². The van der Waals surface area contributed by atoms with Gasteiger partial charge in [0.15, 0.2) is 11.5 Å². The van der Waals surface area contributed by atoms with Crippen LogP contribution in [0.4, 0.5) is 0 Å². The fourth-order valence-corrected chi connectivity index (χ4v) is 4.75. The Bertz CT molecular complexity index is 1670. The fraction of sp³-hybridized carbons (Fsp3) is 0.355. The van der Waals surface area contributed by atoms with Crippen molar-refractivity contribution in [1.29, 1.82) is 0 Å². The first-order valence-corrected chi connectivity index (χ1v) is 13.7. The highest BCUT2D eigenvalue weighted by atomic mass is 16.5. The molecule has 0 amide bonds. The van der Waals surface area contributed by atoms with E-state index < -0.39 is 11.2 Å². The van der Waals surface area contributed by atoms with Crippen LogP contribution < -0.4 is 20.7 Å². The molecule has 0 aromatic heterocycles. The van der Waals surface area contributed by atoms with Crippen LogP contribution in [0.1, 0.15) is 45.4 Å². The number of nitrogens with zero attached hydrogens (tertiary/aromatic N) is 4. The Labute approximate surface area is 227 Å². The molecule has 2 heterocycles. The van der Waals surface area contributed by atoms with E-state index in [1.54, 1.807) is 0 Å². The van der Waals surface area contributed by atoms with Gasteiger partial charge in [-0.1, -0.05) is 56.5 Å². The maximum atomic E-state index is 12.8. The summed E-state index contributed by atoms with van der Waals surface area (Å²) in [4.78, 5) is 33.9. The quantitative estimate of drug-likeness (QED) is 0.156. The largest absolute Gasteiger partial charge is 0.494 e. The molecule has 8 heteroatoms. The minimum absolute atomic E-state index is 0.208. The van der Waals surface area contributed by atoms with Crippen LogP contribution in [0.25, 0.3) is 33.3 Å². The Balaban J connectivity index is 1.26. The third-order valence-corrected chi connectivity index (χ3v) is 6.97. The zero-order valence-electron chi connectivity index (χ0n) is 22.6. The van der Waals surface area contributed by atoms with Gasteiger partial charge in [-0.25, -0.2) is 9.78 Å². The molecule has 0 unspecified atom stereocenters. The number of hydrogen-bond donors (Lipinski definition) is 0. The van der Waals surface area contributed by atoms with E-state index in [0.717, 1.165) is 54.4 Å². The number of unbranched alkanes of at least 4 members (excludes halogenated alkanes) is 4. The van der Waals surface area contributed by atoms with Gasteiger partial charge in [-0.3, -0.25) is 9.36 Å². The Morgan fingerprint density at radius 3 is 2.26 bits per heavy atom. The predicted molar refractivity (Wildman–Crippen MR) is 154 cm³/mol. The van der Waals surface area contributed by atoms with Crippen molar-refractivity contribution >= 4 is 21.8 Å². The summed E-state index contributed by atoms with van der Waals surface area (Å²) in [7, 11) is 1.43. The standard InChI is InChI=1S/C31H34N4O4/c1-3-4-5-8-17-35-27-21-25(15-16-26(27)32-28-29(35)33-31(37)34(2)30(28)36)39-19-10-9-18-38-24-14-13-22-11-6-7-12-23(22)20-24/h6-7,11-16,20-21H,3-5,8-10,17-19H2,1-2H3. The number of ether oxygens (including phenoxy) is 2. The van der Waals surface area contributed by atoms with Crippen LogP contribution in [0.5, 0.6) is 11.5 Å². The van der Waals surface area contributed by atoms with Crippen molar-refractivity contribution in [3.05, 3.63) is 81.5 Å². The molecule has 2 aliphatic heterocycles. The van der Waals surface area contributed by atoms with Gasteiger partial charge in [0.2, 0.25) is 0 Å². The lowest BCUT2D eigenvalue weighted by Crippen LogP contribution is -2.36. The van der Waals surface area contributed by atoms with E-state index in [2.05, 4.69) is 41.2 Å². The highest BCUT2D eigenvalue weighted by Crippen LogP contribution is 2.26. The predicted octanol–water partition coefficient (Wildman–Crippen LogP) is 5.57. The summed E-state index contributed by atoms with van der Waals surface area (Å²) >= 11 is 0. The minimum Gasteiger partial charge on any atom is -0.494 e. The molecule has 0 atom stereocenters. The SMILES string of the molecule is CCCCCCn1c2nc(=O)n(C)c(=O)c-2nc2ccc(OCCCCOc3ccc4ccccc4c3)cc21. The molecule has 0 saturated carbocycles. The number of benzene rings is 3. The molecule has 5 rings (SSSR count). The van der Waals surface area contributed by atoms with Gasteiger partial charge < -0.3 is 14.0 Å². The van der Waals surface area contributed by atoms with Crippen molar-refractivity contribution in [2.24, 2.45) is 7.05 Å². The Morgan fingerprint density at radius 1 is 0.769 bits per heavy atom. The third-order valence-electron chi connectivity index (χ3n) is 6.97. The van der Waals surface area contributed by atoms with Crippen LogP contribution in [0.2, 0.25) is 0 Å². The first kappa shape index (κ1) is 26.4.